The number of nitrogens with two attached hydrogens (primary N) is 1. The number of aliphatic hydroxyl groups excluding tert-OH is 2. The van der Waals surface area contributed by atoms with Gasteiger partial charge in [0.1, 0.15) is 17.7 Å². The third-order valence-corrected chi connectivity index (χ3v) is 3.08. The van der Waals surface area contributed by atoms with Crippen molar-refractivity contribution in [3.8, 4) is 0 Å². The van der Waals surface area contributed by atoms with Crippen LogP contribution in [0.2, 0.25) is 0 Å². The van der Waals surface area contributed by atoms with Gasteiger partial charge in [-0.1, -0.05) is 0 Å². The molecule has 0 saturated carbocycles. The molecule has 9 heteroatoms. The Bertz CT molecular complexity index is 606. The van der Waals surface area contributed by atoms with E-state index in [0.717, 1.165) is 0 Å². The van der Waals surface area contributed by atoms with E-state index in [4.69, 9.17) is 15.6 Å². The van der Waals surface area contributed by atoms with Gasteiger partial charge in [-0.3, -0.25) is 4.57 Å². The minimum Gasteiger partial charge on any atom is -0.394 e. The Balaban J connectivity index is 2.03. The molecule has 1 saturated heterocycles. The number of hydrogen-bond donors (Lipinski definition) is 3. The molecule has 0 spiro atoms. The number of rotatable bonds is 2. The molecule has 2 aromatic heterocycles. The van der Waals surface area contributed by atoms with Crippen LogP contribution in [0.4, 0.5) is 10.3 Å². The molecule has 8 nitrogen and oxygen atoms in total. The van der Waals surface area contributed by atoms with E-state index in [-0.39, 0.29) is 5.95 Å². The van der Waals surface area contributed by atoms with Gasteiger partial charge in [0.05, 0.1) is 19.1 Å². The molecule has 0 aliphatic carbocycles. The second kappa shape index (κ2) is 4.37. The molecule has 1 aliphatic heterocycles. The van der Waals surface area contributed by atoms with Gasteiger partial charge in [0.25, 0.3) is 0 Å². The lowest BCUT2D eigenvalue weighted by molar-refractivity contribution is -0.0459. The molecule has 4 atom stereocenters. The second-order valence-corrected chi connectivity index (χ2v) is 4.27. The van der Waals surface area contributed by atoms with Crippen molar-refractivity contribution in [2.45, 2.75) is 24.6 Å². The number of nitrogens with zero attached hydrogens (tertiary/aromatic N) is 4. The summed E-state index contributed by atoms with van der Waals surface area (Å²) in [6.45, 7) is -0.470. The summed E-state index contributed by atoms with van der Waals surface area (Å²) in [5.74, 6) is 0.0295. The van der Waals surface area contributed by atoms with Crippen molar-refractivity contribution >= 4 is 17.1 Å². The Labute approximate surface area is 106 Å². The molecule has 2 aromatic rings. The topological polar surface area (TPSA) is 119 Å². The normalized spacial score (nSPS) is 31.1. The first-order valence-electron chi connectivity index (χ1n) is 5.65. The fourth-order valence-corrected chi connectivity index (χ4v) is 2.10. The summed E-state index contributed by atoms with van der Waals surface area (Å²) in [5.41, 5.74) is 6.23. The Morgan fingerprint density at radius 1 is 1.47 bits per heavy atom. The minimum absolute atomic E-state index is 0.0295. The summed E-state index contributed by atoms with van der Waals surface area (Å²) in [6.07, 6.45) is -2.42. The van der Waals surface area contributed by atoms with Gasteiger partial charge in [-0.25, -0.2) is 14.4 Å². The third-order valence-electron chi connectivity index (χ3n) is 3.08. The van der Waals surface area contributed by atoms with Gasteiger partial charge in [0.2, 0.25) is 5.95 Å². The van der Waals surface area contributed by atoms with Crippen LogP contribution in [0, 0.1) is 0 Å². The van der Waals surface area contributed by atoms with Crippen LogP contribution in [0.15, 0.2) is 12.5 Å². The summed E-state index contributed by atoms with van der Waals surface area (Å²) in [7, 11) is 0. The van der Waals surface area contributed by atoms with Gasteiger partial charge in [-0.2, -0.15) is 4.98 Å². The number of aliphatic hydroxyl groups is 2. The van der Waals surface area contributed by atoms with Crippen molar-refractivity contribution in [1.82, 2.24) is 19.5 Å². The lowest BCUT2D eigenvalue weighted by Crippen LogP contribution is -2.30. The van der Waals surface area contributed by atoms with Crippen molar-refractivity contribution in [2.24, 2.45) is 0 Å². The predicted molar refractivity (Wildman–Crippen MR) is 61.6 cm³/mol. The third kappa shape index (κ3) is 1.82. The molecule has 0 bridgehead atoms. The van der Waals surface area contributed by atoms with Crippen LogP contribution in [0.3, 0.4) is 0 Å². The first-order chi connectivity index (χ1) is 9.11. The van der Waals surface area contributed by atoms with Crippen molar-refractivity contribution in [3.05, 3.63) is 12.5 Å². The smallest absolute Gasteiger partial charge is 0.222 e. The number of halogens is 1. The van der Waals surface area contributed by atoms with E-state index in [1.165, 1.54) is 17.1 Å². The van der Waals surface area contributed by atoms with Crippen molar-refractivity contribution < 1.29 is 19.3 Å². The zero-order valence-corrected chi connectivity index (χ0v) is 9.72. The van der Waals surface area contributed by atoms with Gasteiger partial charge in [-0.15, -0.1) is 0 Å². The molecular formula is C10H12FN5O3. The van der Waals surface area contributed by atoms with E-state index in [2.05, 4.69) is 15.0 Å². The van der Waals surface area contributed by atoms with Crippen LogP contribution in [0.5, 0.6) is 0 Å². The highest BCUT2D eigenvalue weighted by Gasteiger charge is 2.45. The highest BCUT2D eigenvalue weighted by atomic mass is 19.1. The summed E-state index contributed by atoms with van der Waals surface area (Å²) in [5, 5.41) is 18.6. The van der Waals surface area contributed by atoms with Crippen LogP contribution in [0.1, 0.15) is 6.23 Å². The summed E-state index contributed by atoms with van der Waals surface area (Å²) in [6, 6.07) is 0. The summed E-state index contributed by atoms with van der Waals surface area (Å²) >= 11 is 0. The van der Waals surface area contributed by atoms with Crippen LogP contribution < -0.4 is 5.73 Å². The van der Waals surface area contributed by atoms with E-state index in [1.807, 2.05) is 0 Å². The maximum absolute atomic E-state index is 14.0. The quantitative estimate of drug-likeness (QED) is 0.639. The number of aromatic nitrogens is 4. The molecule has 1 fully saturated rings. The van der Waals surface area contributed by atoms with Crippen molar-refractivity contribution in [2.75, 3.05) is 12.3 Å². The molecule has 3 rings (SSSR count). The predicted octanol–water partition coefficient (Wildman–Crippen LogP) is -1.00. The lowest BCUT2D eigenvalue weighted by atomic mass is 10.1. The van der Waals surface area contributed by atoms with E-state index in [9.17, 15) is 9.50 Å². The van der Waals surface area contributed by atoms with Gasteiger partial charge < -0.3 is 20.7 Å². The molecule has 0 aromatic carbocycles. The van der Waals surface area contributed by atoms with E-state index >= 15 is 0 Å². The van der Waals surface area contributed by atoms with Gasteiger partial charge in [-0.05, 0) is 0 Å². The number of hydrogen-bond acceptors (Lipinski definition) is 7. The van der Waals surface area contributed by atoms with Crippen LogP contribution in [-0.2, 0) is 4.74 Å². The monoisotopic (exact) mass is 269 g/mol. The Kier molecular flexibility index (Phi) is 2.81. The minimum atomic E-state index is -1.69. The lowest BCUT2D eigenvalue weighted by Gasteiger charge is -2.14. The highest BCUT2D eigenvalue weighted by Crippen LogP contribution is 2.33. The fraction of sp³-hybridized carbons (Fsp3) is 0.500. The number of nitrogen functional groups attached to an aromatic ring is 1. The van der Waals surface area contributed by atoms with Gasteiger partial charge in [0, 0.05) is 0 Å². The largest absolute Gasteiger partial charge is 0.394 e. The fourth-order valence-electron chi connectivity index (χ4n) is 2.10. The molecule has 102 valence electrons. The number of anilines is 1. The maximum Gasteiger partial charge on any atom is 0.222 e. The Morgan fingerprint density at radius 3 is 2.95 bits per heavy atom. The SMILES string of the molecule is Nc1ncc2ncn([C@@H]3O[C@H](CO)[C@@H](O)[C@H]3F)c2n1. The maximum atomic E-state index is 14.0. The highest BCUT2D eigenvalue weighted by molar-refractivity contribution is 5.70. The molecule has 4 N–H and O–H groups in total. The zero-order chi connectivity index (χ0) is 13.6. The number of fused-ring (bicyclic) bond motifs is 1. The van der Waals surface area contributed by atoms with E-state index in [1.54, 1.807) is 0 Å². The molecule has 0 radical (unpaired) electrons. The molecule has 0 unspecified atom stereocenters. The Hall–Kier alpha value is -1.84. The van der Waals surface area contributed by atoms with Crippen molar-refractivity contribution in [1.29, 1.82) is 0 Å². The first kappa shape index (κ1) is 12.2. The van der Waals surface area contributed by atoms with Gasteiger partial charge >= 0.3 is 0 Å². The molecule has 3 heterocycles. The standard InChI is InChI=1S/C10H12FN5O3/c11-6-7(18)5(2-17)19-9(6)16-3-14-4-1-13-10(12)15-8(4)16/h1,3,5-7,9,17-18H,2H2,(H2,12,13,15)/t5-,6-,7-,9-/m1/s1. The van der Waals surface area contributed by atoms with Crippen LogP contribution >= 0.6 is 0 Å². The second-order valence-electron chi connectivity index (χ2n) is 4.27. The number of alkyl halides is 1. The molecule has 19 heavy (non-hydrogen) atoms. The first-order valence-corrected chi connectivity index (χ1v) is 5.65. The Morgan fingerprint density at radius 2 is 2.26 bits per heavy atom. The van der Waals surface area contributed by atoms with E-state index < -0.39 is 31.2 Å². The van der Waals surface area contributed by atoms with Crippen molar-refractivity contribution in [3.63, 3.8) is 0 Å². The molecular weight excluding hydrogens is 257 g/mol. The number of ether oxygens (including phenoxy) is 1. The number of imidazole rings is 1. The summed E-state index contributed by atoms with van der Waals surface area (Å²) in [4.78, 5) is 11.8. The van der Waals surface area contributed by atoms with Crippen LogP contribution in [0.25, 0.3) is 11.2 Å². The molecule has 0 amide bonds. The van der Waals surface area contributed by atoms with E-state index in [0.29, 0.717) is 11.2 Å². The average molecular weight is 269 g/mol. The summed E-state index contributed by atoms with van der Waals surface area (Å²) < 4.78 is 20.6. The van der Waals surface area contributed by atoms with Gasteiger partial charge in [0.15, 0.2) is 18.0 Å². The van der Waals surface area contributed by atoms with Crippen LogP contribution in [-0.4, -0.2) is 54.7 Å². The average Bonchev–Trinajstić information content (AvgIpc) is 2.92. The zero-order valence-electron chi connectivity index (χ0n) is 9.72. The molecule has 1 aliphatic rings.